The van der Waals surface area contributed by atoms with E-state index in [1.54, 1.807) is 18.2 Å². The molecule has 0 aliphatic heterocycles. The third-order valence-electron chi connectivity index (χ3n) is 2.56. The number of carboxylic acid groups (broad SMARTS) is 1. The summed E-state index contributed by atoms with van der Waals surface area (Å²) in [5.74, 6) is -1.52. The van der Waals surface area contributed by atoms with Gasteiger partial charge < -0.3 is 14.6 Å². The van der Waals surface area contributed by atoms with Gasteiger partial charge >= 0.3 is 11.6 Å². The first kappa shape index (κ1) is 11.9. The highest BCUT2D eigenvalue weighted by atomic mass is 16.4. The Morgan fingerprint density at radius 2 is 1.89 bits per heavy atom. The second kappa shape index (κ2) is 4.37. The first-order valence-electron chi connectivity index (χ1n) is 5.15. The van der Waals surface area contributed by atoms with Gasteiger partial charge in [-0.1, -0.05) is 24.8 Å². The van der Waals surface area contributed by atoms with Crippen LogP contribution in [-0.2, 0) is 11.2 Å². The second-order valence-electron chi connectivity index (χ2n) is 3.79. The highest BCUT2D eigenvalue weighted by molar-refractivity contribution is 5.89. The van der Waals surface area contributed by atoms with Gasteiger partial charge in [-0.05, 0) is 6.07 Å². The third-order valence-corrected chi connectivity index (χ3v) is 2.56. The molecule has 0 aliphatic carbocycles. The van der Waals surface area contributed by atoms with Gasteiger partial charge in [0.2, 0.25) is 0 Å². The molecule has 0 aliphatic rings. The summed E-state index contributed by atoms with van der Waals surface area (Å²) in [4.78, 5) is 22.3. The van der Waals surface area contributed by atoms with Crippen LogP contribution in [0.4, 0.5) is 0 Å². The van der Waals surface area contributed by atoms with Crippen LogP contribution in [0, 0.1) is 0 Å². The molecule has 2 rings (SSSR count). The van der Waals surface area contributed by atoms with E-state index in [1.807, 2.05) is 0 Å². The van der Waals surface area contributed by atoms with Crippen molar-refractivity contribution in [3.05, 3.63) is 52.6 Å². The predicted molar refractivity (Wildman–Crippen MR) is 64.6 cm³/mol. The molecule has 0 amide bonds. The normalized spacial score (nSPS) is 10.4. The first-order chi connectivity index (χ1) is 8.50. The minimum absolute atomic E-state index is 0.0916. The SMILES string of the molecule is C=C(Cc1oc(=O)c2ccccc2c1O)C(=O)O. The van der Waals surface area contributed by atoms with E-state index in [4.69, 9.17) is 9.52 Å². The van der Waals surface area contributed by atoms with Crippen LogP contribution in [0.3, 0.4) is 0 Å². The lowest BCUT2D eigenvalue weighted by molar-refractivity contribution is -0.132. The Balaban J connectivity index is 2.60. The summed E-state index contributed by atoms with van der Waals surface area (Å²) in [5, 5.41) is 19.2. The minimum Gasteiger partial charge on any atom is -0.504 e. The molecule has 0 saturated carbocycles. The van der Waals surface area contributed by atoms with E-state index < -0.39 is 11.6 Å². The van der Waals surface area contributed by atoms with Crippen molar-refractivity contribution in [2.75, 3.05) is 0 Å². The van der Waals surface area contributed by atoms with E-state index in [-0.39, 0.29) is 28.9 Å². The Bertz CT molecular complexity index is 696. The lowest BCUT2D eigenvalue weighted by Crippen LogP contribution is -2.07. The Kier molecular flexibility index (Phi) is 2.89. The van der Waals surface area contributed by atoms with E-state index in [0.29, 0.717) is 5.39 Å². The smallest absolute Gasteiger partial charge is 0.344 e. The van der Waals surface area contributed by atoms with Gasteiger partial charge in [-0.15, -0.1) is 0 Å². The quantitative estimate of drug-likeness (QED) is 0.804. The van der Waals surface area contributed by atoms with Crippen molar-refractivity contribution in [1.82, 2.24) is 0 Å². The van der Waals surface area contributed by atoms with Crippen LogP contribution in [0.15, 0.2) is 45.6 Å². The molecule has 0 radical (unpaired) electrons. The van der Waals surface area contributed by atoms with E-state index in [1.165, 1.54) is 6.07 Å². The molecule has 1 aromatic carbocycles. The van der Waals surface area contributed by atoms with E-state index in [2.05, 4.69) is 6.58 Å². The maximum Gasteiger partial charge on any atom is 0.344 e. The number of rotatable bonds is 3. The fraction of sp³-hybridized carbons (Fsp3) is 0.0769. The van der Waals surface area contributed by atoms with Crippen molar-refractivity contribution in [2.24, 2.45) is 0 Å². The van der Waals surface area contributed by atoms with Crippen LogP contribution >= 0.6 is 0 Å². The predicted octanol–water partition coefficient (Wildman–Crippen LogP) is 1.68. The molecule has 2 aromatic rings. The number of fused-ring (bicyclic) bond motifs is 1. The molecular formula is C13H10O5. The summed E-state index contributed by atoms with van der Waals surface area (Å²) in [6.45, 7) is 3.33. The second-order valence-corrected chi connectivity index (χ2v) is 3.79. The zero-order valence-electron chi connectivity index (χ0n) is 9.34. The van der Waals surface area contributed by atoms with Gasteiger partial charge in [0.05, 0.1) is 5.39 Å². The molecule has 1 heterocycles. The van der Waals surface area contributed by atoms with Crippen LogP contribution in [-0.4, -0.2) is 16.2 Å². The maximum atomic E-state index is 11.6. The summed E-state index contributed by atoms with van der Waals surface area (Å²) in [6.07, 6.45) is -0.221. The van der Waals surface area contributed by atoms with E-state index in [0.717, 1.165) is 0 Å². The van der Waals surface area contributed by atoms with Crippen molar-refractivity contribution in [3.8, 4) is 5.75 Å². The summed E-state index contributed by atoms with van der Waals surface area (Å²) in [7, 11) is 0. The van der Waals surface area contributed by atoms with Crippen LogP contribution in [0.5, 0.6) is 5.75 Å². The number of hydrogen-bond acceptors (Lipinski definition) is 4. The molecule has 0 spiro atoms. The fourth-order valence-electron chi connectivity index (χ4n) is 1.62. The third kappa shape index (κ3) is 1.98. The summed E-state index contributed by atoms with van der Waals surface area (Å²) in [6, 6.07) is 6.40. The number of benzene rings is 1. The molecule has 0 atom stereocenters. The van der Waals surface area contributed by atoms with Gasteiger partial charge in [0.1, 0.15) is 0 Å². The van der Waals surface area contributed by atoms with Crippen LogP contribution in [0.1, 0.15) is 5.76 Å². The van der Waals surface area contributed by atoms with Crippen LogP contribution < -0.4 is 5.63 Å². The number of hydrogen-bond donors (Lipinski definition) is 2. The summed E-state index contributed by atoms with van der Waals surface area (Å²) >= 11 is 0. The van der Waals surface area contributed by atoms with Gasteiger partial charge in [0.15, 0.2) is 11.5 Å². The van der Waals surface area contributed by atoms with Crippen LogP contribution in [0.2, 0.25) is 0 Å². The Morgan fingerprint density at radius 1 is 1.28 bits per heavy atom. The summed E-state index contributed by atoms with van der Waals surface area (Å²) in [5.41, 5.74) is -0.777. The molecule has 5 heteroatoms. The number of aliphatic carboxylic acids is 1. The average Bonchev–Trinajstić information content (AvgIpc) is 2.35. The van der Waals surface area contributed by atoms with Crippen molar-refractivity contribution in [2.45, 2.75) is 6.42 Å². The molecule has 0 saturated heterocycles. The Morgan fingerprint density at radius 3 is 2.50 bits per heavy atom. The molecule has 2 N–H and O–H groups in total. The molecule has 18 heavy (non-hydrogen) atoms. The zero-order chi connectivity index (χ0) is 13.3. The highest BCUT2D eigenvalue weighted by Crippen LogP contribution is 2.27. The van der Waals surface area contributed by atoms with Gasteiger partial charge in [-0.3, -0.25) is 0 Å². The van der Waals surface area contributed by atoms with E-state index >= 15 is 0 Å². The minimum atomic E-state index is -1.20. The van der Waals surface area contributed by atoms with Crippen molar-refractivity contribution in [3.63, 3.8) is 0 Å². The highest BCUT2D eigenvalue weighted by Gasteiger charge is 2.15. The molecule has 0 fully saturated rings. The van der Waals surface area contributed by atoms with Gasteiger partial charge in [-0.2, -0.15) is 0 Å². The first-order valence-corrected chi connectivity index (χ1v) is 5.15. The van der Waals surface area contributed by atoms with E-state index in [9.17, 15) is 14.7 Å². The molecular weight excluding hydrogens is 236 g/mol. The number of carboxylic acids is 1. The molecule has 0 unspecified atom stereocenters. The standard InChI is InChI=1S/C13H10O5/c1-7(12(15)16)6-10-11(14)8-4-2-3-5-9(8)13(17)18-10/h2-5,14H,1,6H2,(H,15,16). The molecule has 92 valence electrons. The molecule has 1 aromatic heterocycles. The van der Waals surface area contributed by atoms with Gasteiger partial charge in [-0.25, -0.2) is 9.59 Å². The molecule has 5 nitrogen and oxygen atoms in total. The monoisotopic (exact) mass is 246 g/mol. The largest absolute Gasteiger partial charge is 0.504 e. The fourth-order valence-corrected chi connectivity index (χ4v) is 1.62. The lowest BCUT2D eigenvalue weighted by atomic mass is 10.1. The maximum absolute atomic E-state index is 11.6. The Labute approximate surface area is 102 Å². The zero-order valence-corrected chi connectivity index (χ0v) is 9.34. The van der Waals surface area contributed by atoms with Gasteiger partial charge in [0.25, 0.3) is 0 Å². The Hall–Kier alpha value is -2.56. The number of aromatic hydroxyl groups is 1. The summed E-state index contributed by atoms with van der Waals surface area (Å²) < 4.78 is 4.91. The van der Waals surface area contributed by atoms with Crippen molar-refractivity contribution >= 4 is 16.7 Å². The lowest BCUT2D eigenvalue weighted by Gasteiger charge is -2.05. The molecule has 0 bridgehead atoms. The van der Waals surface area contributed by atoms with Gasteiger partial charge in [0, 0.05) is 17.4 Å². The van der Waals surface area contributed by atoms with Crippen LogP contribution in [0.25, 0.3) is 10.8 Å². The number of carbonyl (C=O) groups is 1. The average molecular weight is 246 g/mol. The van der Waals surface area contributed by atoms with Crippen molar-refractivity contribution < 1.29 is 19.4 Å². The topological polar surface area (TPSA) is 87.7 Å². The van der Waals surface area contributed by atoms with Crippen molar-refractivity contribution in [1.29, 1.82) is 0 Å².